The molecule has 3 aromatic carbocycles. The predicted octanol–water partition coefficient (Wildman–Crippen LogP) is 8.50. The number of halogens is 2. The lowest BCUT2D eigenvalue weighted by molar-refractivity contribution is 0.0604. The summed E-state index contributed by atoms with van der Waals surface area (Å²) in [6, 6.07) is 21.6. The normalized spacial score (nSPS) is 17.1. The molecular weight excluding hydrogens is 541 g/mol. The summed E-state index contributed by atoms with van der Waals surface area (Å²) >= 11 is 8.15. The topological polar surface area (TPSA) is 35.6 Å². The summed E-state index contributed by atoms with van der Waals surface area (Å²) in [6.07, 6.45) is 3.66. The minimum Gasteiger partial charge on any atom is -0.349 e. The Morgan fingerprint density at radius 1 is 1.05 bits per heavy atom. The molecule has 1 N–H and O–H groups in total. The molecule has 1 fully saturated rings. The van der Waals surface area contributed by atoms with Crippen LogP contribution in [0.1, 0.15) is 47.8 Å². The second kappa shape index (κ2) is 12.1. The number of anilines is 1. The van der Waals surface area contributed by atoms with Gasteiger partial charge in [-0.15, -0.1) is 11.3 Å². The molecule has 1 aromatic heterocycles. The number of fused-ring (bicyclic) bond motifs is 1. The van der Waals surface area contributed by atoms with Gasteiger partial charge in [0.25, 0.3) is 5.91 Å². The van der Waals surface area contributed by atoms with E-state index in [2.05, 4.69) is 11.9 Å². The quantitative estimate of drug-likeness (QED) is 0.229. The van der Waals surface area contributed by atoms with Gasteiger partial charge in [0.05, 0.1) is 5.02 Å². The Bertz CT molecular complexity index is 1520. The van der Waals surface area contributed by atoms with Crippen molar-refractivity contribution in [3.63, 3.8) is 0 Å². The summed E-state index contributed by atoms with van der Waals surface area (Å²) in [5, 5.41) is 4.72. The lowest BCUT2D eigenvalue weighted by Gasteiger charge is -2.37. The van der Waals surface area contributed by atoms with Crippen molar-refractivity contribution in [1.29, 1.82) is 0 Å². The summed E-state index contributed by atoms with van der Waals surface area (Å²) < 4.78 is 16.3. The van der Waals surface area contributed by atoms with Gasteiger partial charge in [0.2, 0.25) is 0 Å². The molecule has 7 heteroatoms. The highest BCUT2D eigenvalue weighted by Crippen LogP contribution is 2.38. The van der Waals surface area contributed by atoms with Gasteiger partial charge in [-0.25, -0.2) is 4.39 Å². The monoisotopic (exact) mass is 575 g/mol. The summed E-state index contributed by atoms with van der Waals surface area (Å²) in [7, 11) is 3.96. The lowest BCUT2D eigenvalue weighted by Crippen LogP contribution is -2.44. The van der Waals surface area contributed by atoms with Crippen molar-refractivity contribution in [3.05, 3.63) is 100 Å². The van der Waals surface area contributed by atoms with Crippen LogP contribution in [0.2, 0.25) is 5.02 Å². The van der Waals surface area contributed by atoms with Gasteiger partial charge in [-0.3, -0.25) is 4.79 Å². The van der Waals surface area contributed by atoms with E-state index in [1.165, 1.54) is 17.4 Å². The molecule has 208 valence electrons. The number of nitrogens with one attached hydrogen (secondary N) is 1. The average Bonchev–Trinajstić information content (AvgIpc) is 3.32. The van der Waals surface area contributed by atoms with E-state index in [9.17, 15) is 4.79 Å². The average molecular weight is 576 g/mol. The lowest BCUT2D eigenvalue weighted by atomic mass is 9.89. The predicted molar refractivity (Wildman–Crippen MR) is 167 cm³/mol. The van der Waals surface area contributed by atoms with Gasteiger partial charge in [-0.05, 0) is 81.1 Å². The van der Waals surface area contributed by atoms with Crippen LogP contribution in [0.4, 0.5) is 10.1 Å². The number of nitrogens with zero attached hydrogens (tertiary/aromatic N) is 2. The van der Waals surface area contributed by atoms with E-state index in [0.29, 0.717) is 21.5 Å². The summed E-state index contributed by atoms with van der Waals surface area (Å²) in [6.45, 7) is 6.15. The largest absolute Gasteiger partial charge is 0.349 e. The van der Waals surface area contributed by atoms with E-state index in [1.54, 1.807) is 6.07 Å². The zero-order valence-electron chi connectivity index (χ0n) is 23.2. The van der Waals surface area contributed by atoms with Crippen LogP contribution in [0.25, 0.3) is 21.2 Å². The SMILES string of the molecule is C=C(C)N(C)c1ccc(-c2ccc(F)c(CN(C(=O)c3sc4ccccc4c3Cl)C3CCC(NC)CC3)c2)cc1. The fourth-order valence-electron chi connectivity index (χ4n) is 5.48. The van der Waals surface area contributed by atoms with Crippen LogP contribution in [0.15, 0.2) is 79.0 Å². The highest BCUT2D eigenvalue weighted by Gasteiger charge is 2.32. The number of thiophene rings is 1. The van der Waals surface area contributed by atoms with Crippen molar-refractivity contribution < 1.29 is 9.18 Å². The Morgan fingerprint density at radius 3 is 2.38 bits per heavy atom. The van der Waals surface area contributed by atoms with Crippen LogP contribution in [0.3, 0.4) is 0 Å². The molecule has 1 aliphatic rings. The molecule has 5 rings (SSSR count). The molecule has 0 spiro atoms. The van der Waals surface area contributed by atoms with Gasteiger partial charge in [0.15, 0.2) is 0 Å². The van der Waals surface area contributed by atoms with Crippen LogP contribution in [0.5, 0.6) is 0 Å². The van der Waals surface area contributed by atoms with Crippen molar-refractivity contribution in [1.82, 2.24) is 10.2 Å². The third kappa shape index (κ3) is 5.80. The summed E-state index contributed by atoms with van der Waals surface area (Å²) in [4.78, 5) is 18.5. The van der Waals surface area contributed by atoms with Crippen molar-refractivity contribution in [2.75, 3.05) is 19.0 Å². The highest BCUT2D eigenvalue weighted by molar-refractivity contribution is 7.21. The van der Waals surface area contributed by atoms with Gasteiger partial charge in [0, 0.05) is 52.7 Å². The Morgan fingerprint density at radius 2 is 1.73 bits per heavy atom. The molecule has 1 amide bonds. The van der Waals surface area contributed by atoms with Gasteiger partial charge < -0.3 is 15.1 Å². The second-order valence-corrected chi connectivity index (χ2v) is 12.0. The minimum atomic E-state index is -0.313. The molecule has 0 aliphatic heterocycles. The third-order valence-corrected chi connectivity index (χ3v) is 9.75. The van der Waals surface area contributed by atoms with E-state index in [4.69, 9.17) is 11.6 Å². The van der Waals surface area contributed by atoms with E-state index in [0.717, 1.165) is 58.3 Å². The first-order chi connectivity index (χ1) is 19.3. The van der Waals surface area contributed by atoms with E-state index in [1.807, 2.05) is 85.4 Å². The van der Waals surface area contributed by atoms with Gasteiger partial charge in [-0.2, -0.15) is 0 Å². The number of hydrogen-bond acceptors (Lipinski definition) is 4. The second-order valence-electron chi connectivity index (χ2n) is 10.6. The smallest absolute Gasteiger partial charge is 0.266 e. The minimum absolute atomic E-state index is 0.0124. The summed E-state index contributed by atoms with van der Waals surface area (Å²) in [5.41, 5.74) is 4.38. The number of benzene rings is 3. The molecule has 1 heterocycles. The first kappa shape index (κ1) is 28.3. The molecule has 40 heavy (non-hydrogen) atoms. The number of carbonyl (C=O) groups is 1. The van der Waals surface area contributed by atoms with Crippen LogP contribution in [0, 0.1) is 5.82 Å². The Balaban J connectivity index is 1.47. The standard InChI is InChI=1S/C33H35ClFN3OS/c1-21(2)37(4)26-14-9-22(10-15-26)23-11-18-29(35)24(19-23)20-38(27-16-12-25(36-3)13-17-27)33(39)32-31(34)28-7-5-6-8-30(28)40-32/h5-11,14-15,18-19,25,27,36H,1,12-13,16-17,20H2,2-4H3. The zero-order valence-corrected chi connectivity index (χ0v) is 24.8. The van der Waals surface area contributed by atoms with Gasteiger partial charge in [-0.1, -0.05) is 54.6 Å². The molecule has 1 saturated carbocycles. The van der Waals surface area contributed by atoms with E-state index >= 15 is 4.39 Å². The molecule has 0 unspecified atom stereocenters. The fraction of sp³-hybridized carbons (Fsp3) is 0.303. The fourth-order valence-corrected chi connectivity index (χ4v) is 6.95. The van der Waals surface area contributed by atoms with Crippen LogP contribution < -0.4 is 10.2 Å². The van der Waals surface area contributed by atoms with Crippen LogP contribution >= 0.6 is 22.9 Å². The number of allylic oxidation sites excluding steroid dienone is 1. The Kier molecular flexibility index (Phi) is 8.60. The first-order valence-electron chi connectivity index (χ1n) is 13.7. The number of amides is 1. The third-order valence-electron chi connectivity index (χ3n) is 8.08. The van der Waals surface area contributed by atoms with Gasteiger partial charge >= 0.3 is 0 Å². The zero-order chi connectivity index (χ0) is 28.4. The molecule has 4 aromatic rings. The molecule has 0 bridgehead atoms. The Hall–Kier alpha value is -3.19. The van der Waals surface area contributed by atoms with Gasteiger partial charge in [0.1, 0.15) is 10.7 Å². The number of hydrogen-bond donors (Lipinski definition) is 1. The van der Waals surface area contributed by atoms with Crippen molar-refractivity contribution in [3.8, 4) is 11.1 Å². The van der Waals surface area contributed by atoms with Crippen LogP contribution in [-0.4, -0.2) is 37.0 Å². The first-order valence-corrected chi connectivity index (χ1v) is 14.9. The van der Waals surface area contributed by atoms with Crippen molar-refractivity contribution in [2.24, 2.45) is 0 Å². The van der Waals surface area contributed by atoms with Crippen molar-refractivity contribution >= 4 is 44.6 Å². The molecule has 0 radical (unpaired) electrons. The molecule has 1 aliphatic carbocycles. The summed E-state index contributed by atoms with van der Waals surface area (Å²) in [5.74, 6) is -0.442. The molecule has 4 nitrogen and oxygen atoms in total. The van der Waals surface area contributed by atoms with E-state index < -0.39 is 0 Å². The molecular formula is C33H35ClFN3OS. The highest BCUT2D eigenvalue weighted by atomic mass is 35.5. The maximum absolute atomic E-state index is 15.3. The van der Waals surface area contributed by atoms with E-state index in [-0.39, 0.29) is 24.3 Å². The maximum Gasteiger partial charge on any atom is 0.266 e. The molecule has 0 saturated heterocycles. The number of carbonyl (C=O) groups excluding carboxylic acids is 1. The number of rotatable bonds is 8. The van der Waals surface area contributed by atoms with Crippen LogP contribution in [-0.2, 0) is 6.54 Å². The van der Waals surface area contributed by atoms with Crippen molar-refractivity contribution in [2.45, 2.75) is 51.2 Å². The molecule has 0 atom stereocenters. The Labute approximate surface area is 245 Å². The maximum atomic E-state index is 15.3.